The number of benzene rings is 2. The summed E-state index contributed by atoms with van der Waals surface area (Å²) in [5.41, 5.74) is -7.21. The Bertz CT molecular complexity index is 2210. The van der Waals surface area contributed by atoms with Gasteiger partial charge < -0.3 is 32.0 Å². The van der Waals surface area contributed by atoms with Crippen molar-refractivity contribution >= 4 is 29.7 Å². The Morgan fingerprint density at radius 1 is 0.919 bits per heavy atom. The van der Waals surface area contributed by atoms with E-state index in [9.17, 15) is 67.4 Å². The Morgan fingerprint density at radius 3 is 1.71 bits per heavy atom. The van der Waals surface area contributed by atoms with Crippen molar-refractivity contribution in [3.8, 4) is 12.1 Å². The van der Waals surface area contributed by atoms with Crippen LogP contribution in [0.5, 0.6) is 0 Å². The molecule has 0 aliphatic carbocycles. The first-order valence-corrected chi connectivity index (χ1v) is 15.4. The maximum absolute atomic E-state index is 12.9. The molecule has 1 fully saturated rings. The fourth-order valence-corrected chi connectivity index (χ4v) is 3.91. The molecule has 2 aromatic carbocycles. The number of aliphatic hydroxyl groups is 1. The second-order valence-corrected chi connectivity index (χ2v) is 11.7. The van der Waals surface area contributed by atoms with Gasteiger partial charge in [-0.2, -0.15) is 68.3 Å². The third-order valence-corrected chi connectivity index (χ3v) is 6.94. The minimum Gasteiger partial charge on any atom is -1.00 e. The quantitative estimate of drug-likeness (QED) is 0.0401. The van der Waals surface area contributed by atoms with Crippen LogP contribution in [-0.4, -0.2) is 71.1 Å². The predicted molar refractivity (Wildman–Crippen MR) is 169 cm³/mol. The van der Waals surface area contributed by atoms with Crippen LogP contribution in [-0.2, 0) is 55.3 Å². The number of alkyl halides is 12. The number of amides is 2. The van der Waals surface area contributed by atoms with Crippen LogP contribution in [0.15, 0.2) is 49.1 Å². The molecule has 4 aromatic rings. The Morgan fingerprint density at radius 2 is 1.39 bits per heavy atom. The van der Waals surface area contributed by atoms with Gasteiger partial charge in [0.05, 0.1) is 47.5 Å². The van der Waals surface area contributed by atoms with Crippen LogP contribution < -0.4 is 119 Å². The molecule has 5 rings (SSSR count). The van der Waals surface area contributed by atoms with Crippen molar-refractivity contribution in [2.45, 2.75) is 56.3 Å². The molecule has 1 aliphatic heterocycles. The summed E-state index contributed by atoms with van der Waals surface area (Å²) in [5, 5.41) is 48.1. The third kappa shape index (κ3) is 18.3. The molecule has 3 heterocycles. The van der Waals surface area contributed by atoms with Crippen molar-refractivity contribution in [1.82, 2.24) is 29.9 Å². The Labute approximate surface area is 425 Å². The average Bonchev–Trinajstić information content (AvgIpc) is 3.48. The zero-order chi connectivity index (χ0) is 45.9. The number of H-pyrrole nitrogens is 1. The first kappa shape index (κ1) is 58.4. The number of nitrogens with one attached hydrogen (secondary N) is 3. The zero-order valence-corrected chi connectivity index (χ0v) is 37.9. The average molecular weight is 955 g/mol. The first-order valence-electron chi connectivity index (χ1n) is 15.4. The van der Waals surface area contributed by atoms with Gasteiger partial charge in [-0.25, -0.2) is 14.6 Å². The number of hydrogen-bond donors (Lipinski definition) is 4. The molecule has 0 bridgehead atoms. The van der Waals surface area contributed by atoms with Crippen molar-refractivity contribution < 1.29 is 191 Å². The van der Waals surface area contributed by atoms with Gasteiger partial charge in [-0.15, -0.1) is 5.10 Å². The summed E-state index contributed by atoms with van der Waals surface area (Å²) in [6, 6.07) is 8.19. The molecule has 2 aromatic heterocycles. The number of aromatic amines is 1. The molecule has 2 amide bonds. The standard InChI is InChI=1S/C15H11F6N5O2.C12H9F3N2O2.C3H2F3N3.CH2O3.2K.H/c1-13(28,6-26-7-23-11(25-26)15(19,20)21)12(27)24-9-3-2-8(5-22)10(4-9)14(16,17)18;1-11(6-19-11)10(18)17-8-3-2-7(5-16)9(4-8)12(13,14)15;4-3(5,6)2-7-1-8-9-2;2-1-4-3;;;/h2-4,7,28H,6H2,1H3,(H,24,27);2-4H,6H2,1H3,(H,17,18);1H,(H,7,8,9);1,3H;;;/q;;;;2*+1;-1/p-1/t13-;11-;;;;;/m00...../s1. The van der Waals surface area contributed by atoms with Crippen LogP contribution in [0, 0.1) is 22.7 Å². The molecular formula is C31H24F12K2N10O7. The summed E-state index contributed by atoms with van der Waals surface area (Å²) in [6.45, 7) is 1.79. The van der Waals surface area contributed by atoms with E-state index in [0.29, 0.717) is 17.1 Å². The number of anilines is 2. The topological polar surface area (TPSA) is 260 Å². The number of halogens is 12. The molecule has 0 spiro atoms. The van der Waals surface area contributed by atoms with Gasteiger partial charge in [0.15, 0.2) is 11.2 Å². The second kappa shape index (κ2) is 23.9. The van der Waals surface area contributed by atoms with Gasteiger partial charge in [-0.1, -0.05) is 0 Å². The van der Waals surface area contributed by atoms with E-state index in [4.69, 9.17) is 25.3 Å². The summed E-state index contributed by atoms with van der Waals surface area (Å²) >= 11 is 0. The largest absolute Gasteiger partial charge is 1.00 e. The number of nitriles is 2. The van der Waals surface area contributed by atoms with Crippen molar-refractivity contribution in [2.75, 3.05) is 17.2 Å². The molecule has 1 aliphatic rings. The van der Waals surface area contributed by atoms with E-state index in [-0.39, 0.29) is 129 Å². The van der Waals surface area contributed by atoms with E-state index >= 15 is 0 Å². The van der Waals surface area contributed by atoms with Gasteiger partial charge in [-0.3, -0.25) is 19.5 Å². The number of carbonyl (C=O) groups is 3. The number of rotatable bonds is 7. The van der Waals surface area contributed by atoms with Gasteiger partial charge in [0, 0.05) is 11.4 Å². The molecule has 0 radical (unpaired) electrons. The molecule has 31 heteroatoms. The zero-order valence-electron chi connectivity index (χ0n) is 32.7. The van der Waals surface area contributed by atoms with Crippen molar-refractivity contribution in [3.63, 3.8) is 0 Å². The van der Waals surface area contributed by atoms with Gasteiger partial charge >= 0.3 is 127 Å². The third-order valence-electron chi connectivity index (χ3n) is 6.94. The van der Waals surface area contributed by atoms with Crippen molar-refractivity contribution in [3.05, 3.63) is 83.0 Å². The van der Waals surface area contributed by atoms with Crippen molar-refractivity contribution in [1.29, 1.82) is 10.5 Å². The van der Waals surface area contributed by atoms with Crippen LogP contribution >= 0.6 is 0 Å². The fraction of sp³-hybridized carbons (Fsp3) is 0.323. The van der Waals surface area contributed by atoms with E-state index in [1.165, 1.54) is 25.1 Å². The Hall–Kier alpha value is -3.58. The maximum Gasteiger partial charge on any atom is 1.00 e. The minimum absolute atomic E-state index is 0. The van der Waals surface area contributed by atoms with Crippen LogP contribution in [0.25, 0.3) is 0 Å². The molecule has 62 heavy (non-hydrogen) atoms. The summed E-state index contributed by atoms with van der Waals surface area (Å²) in [6.07, 6.45) is -17.3. The molecule has 4 N–H and O–H groups in total. The SMILES string of the molecule is C[C@@]1(C(=O)Nc2ccc(C#N)c(C(F)(F)F)c2)CO1.C[C@](O)(Cn1cnc(C(F)(F)F)n1)C(=O)Nc1ccc(C#N)c(C(F)(F)F)c1.FC(F)(F)c1ncn[nH]1.O=CO[O-].[H-].[K+].[K+]. The second-order valence-electron chi connectivity index (χ2n) is 11.7. The number of epoxide rings is 1. The fourth-order valence-electron chi connectivity index (χ4n) is 3.91. The number of nitrogens with zero attached hydrogens (tertiary/aromatic N) is 7. The number of hydrogen-bond acceptors (Lipinski definition) is 13. The van der Waals surface area contributed by atoms with Gasteiger partial charge in [0.25, 0.3) is 24.1 Å². The van der Waals surface area contributed by atoms with E-state index in [2.05, 4.69) is 30.4 Å². The monoisotopic (exact) mass is 954 g/mol. The molecule has 17 nitrogen and oxygen atoms in total. The first-order chi connectivity index (χ1) is 27.5. The number of aromatic nitrogens is 6. The summed E-state index contributed by atoms with van der Waals surface area (Å²) in [7, 11) is 0. The normalized spacial score (nSPS) is 15.1. The molecule has 326 valence electrons. The Kier molecular flexibility index (Phi) is 22.5. The molecule has 1 saturated heterocycles. The van der Waals surface area contributed by atoms with Gasteiger partial charge in [0.1, 0.15) is 12.7 Å². The maximum atomic E-state index is 12.9. The number of ether oxygens (including phenoxy) is 1. The molecular weight excluding hydrogens is 931 g/mol. The molecule has 0 saturated carbocycles. The smallest absolute Gasteiger partial charge is 1.00 e. The van der Waals surface area contributed by atoms with E-state index in [0.717, 1.165) is 37.5 Å². The van der Waals surface area contributed by atoms with E-state index < -0.39 is 88.2 Å². The molecule has 0 unspecified atom stereocenters. The molecule has 2 atom stereocenters. The van der Waals surface area contributed by atoms with Crippen LogP contribution in [0.3, 0.4) is 0 Å². The van der Waals surface area contributed by atoms with Crippen LogP contribution in [0.1, 0.15) is 49.2 Å². The summed E-state index contributed by atoms with van der Waals surface area (Å²) in [4.78, 5) is 40.9. The van der Waals surface area contributed by atoms with Crippen molar-refractivity contribution in [2.24, 2.45) is 0 Å². The van der Waals surface area contributed by atoms with Gasteiger partial charge in [-0.05, 0) is 50.2 Å². The van der Waals surface area contributed by atoms with E-state index in [1.807, 2.05) is 5.32 Å². The summed E-state index contributed by atoms with van der Waals surface area (Å²) in [5.74, 6) is -4.26. The van der Waals surface area contributed by atoms with Gasteiger partial charge in [0.2, 0.25) is 5.82 Å². The van der Waals surface area contributed by atoms with E-state index in [1.54, 1.807) is 5.10 Å². The summed E-state index contributed by atoms with van der Waals surface area (Å²) < 4.78 is 154. The predicted octanol–water partition coefficient (Wildman–Crippen LogP) is -1.74. The van der Waals surface area contributed by atoms with Crippen LogP contribution in [0.2, 0.25) is 0 Å². The van der Waals surface area contributed by atoms with Crippen LogP contribution in [0.4, 0.5) is 64.1 Å². The number of carbonyl (C=O) groups excluding carboxylic acids is 3. The Balaban J connectivity index is 0. The minimum atomic E-state index is -4.86.